The lowest BCUT2D eigenvalue weighted by Gasteiger charge is -2.21. The number of thiazole rings is 1. The molecular formula is C14H14N2O2S2. The molecule has 1 saturated heterocycles. The number of carbonyl (C=O) groups excluding carboxylic acids is 1. The minimum Gasteiger partial charge on any atom is -0.497 e. The smallest absolute Gasteiger partial charge is 0.240 e. The summed E-state index contributed by atoms with van der Waals surface area (Å²) in [6.07, 6.45) is 1.81. The van der Waals surface area contributed by atoms with Crippen LogP contribution in [0.15, 0.2) is 30.5 Å². The molecular weight excluding hydrogens is 292 g/mol. The van der Waals surface area contributed by atoms with Gasteiger partial charge in [0.05, 0.1) is 12.9 Å². The highest BCUT2D eigenvalue weighted by Crippen LogP contribution is 2.43. The van der Waals surface area contributed by atoms with Crippen LogP contribution in [0.25, 0.3) is 0 Å². The monoisotopic (exact) mass is 306 g/mol. The third-order valence-corrected chi connectivity index (χ3v) is 5.21. The average molecular weight is 306 g/mol. The van der Waals surface area contributed by atoms with Crippen molar-refractivity contribution in [2.45, 2.75) is 12.3 Å². The Morgan fingerprint density at radius 2 is 2.10 bits per heavy atom. The molecule has 1 amide bonds. The number of methoxy groups -OCH3 is 1. The Balaban J connectivity index is 1.92. The third kappa shape index (κ3) is 2.41. The molecule has 1 atom stereocenters. The van der Waals surface area contributed by atoms with Crippen LogP contribution in [0, 0.1) is 6.92 Å². The first kappa shape index (κ1) is 13.5. The molecule has 1 fully saturated rings. The van der Waals surface area contributed by atoms with Gasteiger partial charge in [0, 0.05) is 11.1 Å². The molecule has 104 valence electrons. The molecule has 0 bridgehead atoms. The summed E-state index contributed by atoms with van der Waals surface area (Å²) in [5.41, 5.74) is 1.09. The lowest BCUT2D eigenvalue weighted by Crippen LogP contribution is -2.27. The molecule has 3 rings (SSSR count). The number of rotatable bonds is 3. The molecule has 0 unspecified atom stereocenters. The lowest BCUT2D eigenvalue weighted by molar-refractivity contribution is -0.115. The quantitative estimate of drug-likeness (QED) is 0.873. The minimum absolute atomic E-state index is 0.000967. The summed E-state index contributed by atoms with van der Waals surface area (Å²) in [6.45, 7) is 2.00. The minimum atomic E-state index is -0.000967. The van der Waals surface area contributed by atoms with Crippen molar-refractivity contribution in [2.75, 3.05) is 17.8 Å². The van der Waals surface area contributed by atoms with Gasteiger partial charge in [0.1, 0.15) is 11.1 Å². The average Bonchev–Trinajstić information content (AvgIpc) is 3.05. The highest BCUT2D eigenvalue weighted by molar-refractivity contribution is 8.00. The van der Waals surface area contributed by atoms with Gasteiger partial charge in [-0.1, -0.05) is 12.1 Å². The Hall–Kier alpha value is -1.53. The fourth-order valence-electron chi connectivity index (χ4n) is 2.10. The van der Waals surface area contributed by atoms with E-state index in [1.165, 1.54) is 0 Å². The van der Waals surface area contributed by atoms with Crippen LogP contribution >= 0.6 is 23.1 Å². The number of nitrogens with zero attached hydrogens (tertiary/aromatic N) is 2. The number of ether oxygens (including phenoxy) is 1. The number of aromatic nitrogens is 1. The first-order valence-corrected chi connectivity index (χ1v) is 8.05. The molecule has 0 N–H and O–H groups in total. The van der Waals surface area contributed by atoms with E-state index >= 15 is 0 Å². The maximum absolute atomic E-state index is 12.1. The summed E-state index contributed by atoms with van der Waals surface area (Å²) in [7, 11) is 1.65. The van der Waals surface area contributed by atoms with Crippen LogP contribution in [0.2, 0.25) is 0 Å². The first-order chi connectivity index (χ1) is 9.69. The van der Waals surface area contributed by atoms with E-state index in [9.17, 15) is 4.79 Å². The van der Waals surface area contributed by atoms with E-state index in [0.29, 0.717) is 5.75 Å². The Kier molecular flexibility index (Phi) is 3.67. The van der Waals surface area contributed by atoms with E-state index in [0.717, 1.165) is 21.3 Å². The molecule has 0 saturated carbocycles. The Bertz CT molecular complexity index is 624. The fraction of sp³-hybridized carbons (Fsp3) is 0.286. The molecule has 6 heteroatoms. The van der Waals surface area contributed by atoms with Gasteiger partial charge in [-0.15, -0.1) is 23.1 Å². The maximum atomic E-state index is 12.1. The van der Waals surface area contributed by atoms with E-state index in [-0.39, 0.29) is 11.3 Å². The molecule has 1 aliphatic rings. The second-order valence-corrected chi connectivity index (χ2v) is 6.74. The summed E-state index contributed by atoms with van der Waals surface area (Å²) in [5, 5.41) is 0.775. The van der Waals surface area contributed by atoms with Gasteiger partial charge in [-0.3, -0.25) is 9.69 Å². The van der Waals surface area contributed by atoms with Crippen molar-refractivity contribution in [1.82, 2.24) is 4.98 Å². The number of amides is 1. The van der Waals surface area contributed by atoms with Crippen LogP contribution in [-0.2, 0) is 4.79 Å². The van der Waals surface area contributed by atoms with Crippen molar-refractivity contribution in [2.24, 2.45) is 0 Å². The third-order valence-electron chi connectivity index (χ3n) is 3.08. The Labute approximate surface area is 125 Å². The molecule has 1 aromatic heterocycles. The molecule has 4 nitrogen and oxygen atoms in total. The SMILES string of the molecule is COc1ccc([C@@H]2SCC(=O)N2c2ncc(C)s2)cc1. The zero-order valence-corrected chi connectivity index (χ0v) is 12.8. The largest absolute Gasteiger partial charge is 0.497 e. The van der Waals surface area contributed by atoms with Crippen LogP contribution in [0.4, 0.5) is 5.13 Å². The van der Waals surface area contributed by atoms with Gasteiger partial charge in [-0.05, 0) is 24.6 Å². The van der Waals surface area contributed by atoms with Gasteiger partial charge in [0.25, 0.3) is 0 Å². The molecule has 0 spiro atoms. The van der Waals surface area contributed by atoms with Gasteiger partial charge in [-0.2, -0.15) is 0 Å². The summed E-state index contributed by atoms with van der Waals surface area (Å²) >= 11 is 3.18. The summed E-state index contributed by atoms with van der Waals surface area (Å²) in [4.78, 5) is 19.4. The predicted octanol–water partition coefficient (Wildman–Crippen LogP) is 3.24. The molecule has 0 aliphatic carbocycles. The van der Waals surface area contributed by atoms with Crippen molar-refractivity contribution in [3.8, 4) is 5.75 Å². The highest BCUT2D eigenvalue weighted by Gasteiger charge is 2.35. The molecule has 20 heavy (non-hydrogen) atoms. The number of hydrogen-bond donors (Lipinski definition) is 0. The van der Waals surface area contributed by atoms with Gasteiger partial charge >= 0.3 is 0 Å². The number of carbonyl (C=O) groups is 1. The standard InChI is InChI=1S/C14H14N2O2S2/c1-9-7-15-14(20-9)16-12(17)8-19-13(16)10-3-5-11(18-2)6-4-10/h3-7,13H,8H2,1-2H3/t13-/m0/s1. The van der Waals surface area contributed by atoms with Crippen molar-refractivity contribution < 1.29 is 9.53 Å². The molecule has 2 heterocycles. The summed E-state index contributed by atoms with van der Waals surface area (Å²) in [5.74, 6) is 1.43. The second-order valence-electron chi connectivity index (χ2n) is 4.45. The van der Waals surface area contributed by atoms with Crippen LogP contribution in [0.5, 0.6) is 5.75 Å². The lowest BCUT2D eigenvalue weighted by atomic mass is 10.2. The Morgan fingerprint density at radius 3 is 2.70 bits per heavy atom. The van der Waals surface area contributed by atoms with Crippen LogP contribution in [0.3, 0.4) is 0 Å². The number of hydrogen-bond acceptors (Lipinski definition) is 5. The number of aryl methyl sites for hydroxylation is 1. The van der Waals surface area contributed by atoms with Crippen LogP contribution in [-0.4, -0.2) is 23.8 Å². The van der Waals surface area contributed by atoms with Gasteiger partial charge in [-0.25, -0.2) is 4.98 Å². The van der Waals surface area contributed by atoms with Gasteiger partial charge in [0.15, 0.2) is 5.13 Å². The topological polar surface area (TPSA) is 42.4 Å². The van der Waals surface area contributed by atoms with Crippen LogP contribution in [0.1, 0.15) is 15.8 Å². The summed E-state index contributed by atoms with van der Waals surface area (Å²) in [6, 6.07) is 7.85. The van der Waals surface area contributed by atoms with Gasteiger partial charge < -0.3 is 4.74 Å². The molecule has 1 aromatic carbocycles. The molecule has 0 radical (unpaired) electrons. The van der Waals surface area contributed by atoms with Crippen molar-refractivity contribution in [3.05, 3.63) is 40.9 Å². The van der Waals surface area contributed by atoms with E-state index < -0.39 is 0 Å². The molecule has 2 aromatic rings. The maximum Gasteiger partial charge on any atom is 0.240 e. The van der Waals surface area contributed by atoms with Crippen molar-refractivity contribution >= 4 is 34.1 Å². The number of benzene rings is 1. The zero-order valence-electron chi connectivity index (χ0n) is 11.2. The van der Waals surface area contributed by atoms with E-state index in [2.05, 4.69) is 4.98 Å². The fourth-order valence-corrected chi connectivity index (χ4v) is 4.13. The Morgan fingerprint density at radius 1 is 1.35 bits per heavy atom. The van der Waals surface area contributed by atoms with E-state index in [1.54, 1.807) is 41.3 Å². The molecule has 1 aliphatic heterocycles. The van der Waals surface area contributed by atoms with Crippen molar-refractivity contribution in [1.29, 1.82) is 0 Å². The zero-order chi connectivity index (χ0) is 14.1. The van der Waals surface area contributed by atoms with Crippen LogP contribution < -0.4 is 9.64 Å². The highest BCUT2D eigenvalue weighted by atomic mass is 32.2. The van der Waals surface area contributed by atoms with E-state index in [4.69, 9.17) is 4.74 Å². The number of thioether (sulfide) groups is 1. The number of anilines is 1. The first-order valence-electron chi connectivity index (χ1n) is 6.19. The van der Waals surface area contributed by atoms with Gasteiger partial charge in [0.2, 0.25) is 5.91 Å². The van der Waals surface area contributed by atoms with E-state index in [1.807, 2.05) is 31.2 Å². The summed E-state index contributed by atoms with van der Waals surface area (Å²) < 4.78 is 5.17. The van der Waals surface area contributed by atoms with Crippen molar-refractivity contribution in [3.63, 3.8) is 0 Å². The second kappa shape index (κ2) is 5.46. The predicted molar refractivity (Wildman–Crippen MR) is 82.5 cm³/mol. The normalized spacial score (nSPS) is 18.6.